The number of rotatable bonds is 5. The van der Waals surface area contributed by atoms with Gasteiger partial charge in [-0.15, -0.1) is 0 Å². The topological polar surface area (TPSA) is 43.8 Å². The predicted molar refractivity (Wildman–Crippen MR) is 81.3 cm³/mol. The lowest BCUT2D eigenvalue weighted by Gasteiger charge is -2.17. The van der Waals surface area contributed by atoms with Gasteiger partial charge in [-0.1, -0.05) is 26.3 Å². The van der Waals surface area contributed by atoms with Gasteiger partial charge in [0, 0.05) is 18.5 Å². The van der Waals surface area contributed by atoms with Crippen LogP contribution >= 0.6 is 0 Å². The normalized spacial score (nSPS) is 13.4. The van der Waals surface area contributed by atoms with Crippen molar-refractivity contribution in [2.45, 2.75) is 59.0 Å². The molecule has 0 radical (unpaired) electrons. The van der Waals surface area contributed by atoms with E-state index in [1.165, 1.54) is 24.2 Å². The van der Waals surface area contributed by atoms with Crippen LogP contribution < -0.4 is 5.73 Å². The molecule has 0 fully saturated rings. The molecule has 0 aliphatic carbocycles. The third-order valence-corrected chi connectivity index (χ3v) is 3.70. The molecule has 1 heterocycles. The molecule has 0 aliphatic heterocycles. The molecule has 2 rings (SSSR count). The van der Waals surface area contributed by atoms with E-state index in [4.69, 9.17) is 10.7 Å². The fourth-order valence-electron chi connectivity index (χ4n) is 2.74. The maximum absolute atomic E-state index is 5.72. The van der Waals surface area contributed by atoms with Crippen molar-refractivity contribution in [3.05, 3.63) is 29.6 Å². The Labute approximate surface area is 115 Å². The van der Waals surface area contributed by atoms with E-state index in [9.17, 15) is 0 Å². The Hall–Kier alpha value is -1.35. The van der Waals surface area contributed by atoms with Crippen LogP contribution in [0.5, 0.6) is 0 Å². The summed E-state index contributed by atoms with van der Waals surface area (Å²) in [6.07, 6.45) is 2.37. The molecule has 2 N–H and O–H groups in total. The van der Waals surface area contributed by atoms with E-state index >= 15 is 0 Å². The summed E-state index contributed by atoms with van der Waals surface area (Å²) in [4.78, 5) is 4.87. The van der Waals surface area contributed by atoms with Gasteiger partial charge in [-0.2, -0.15) is 0 Å². The van der Waals surface area contributed by atoms with E-state index in [-0.39, 0.29) is 0 Å². The summed E-state index contributed by atoms with van der Waals surface area (Å²) < 4.78 is 2.37. The Balaban J connectivity index is 2.58. The number of imidazole rings is 1. The van der Waals surface area contributed by atoms with E-state index in [1.54, 1.807) is 0 Å². The zero-order valence-electron chi connectivity index (χ0n) is 12.5. The zero-order chi connectivity index (χ0) is 14.0. The molecule has 0 spiro atoms. The highest BCUT2D eigenvalue weighted by Crippen LogP contribution is 2.28. The van der Waals surface area contributed by atoms with Crippen LogP contribution in [-0.4, -0.2) is 9.55 Å². The number of aromatic nitrogens is 2. The highest BCUT2D eigenvalue weighted by Gasteiger charge is 2.17. The molecule has 0 saturated carbocycles. The summed E-state index contributed by atoms with van der Waals surface area (Å²) in [6, 6.07) is 6.82. The second-order valence-corrected chi connectivity index (χ2v) is 5.65. The maximum Gasteiger partial charge on any atom is 0.112 e. The quantitative estimate of drug-likeness (QED) is 0.882. The van der Waals surface area contributed by atoms with Crippen molar-refractivity contribution < 1.29 is 0 Å². The third kappa shape index (κ3) is 2.66. The van der Waals surface area contributed by atoms with Crippen molar-refractivity contribution in [2.24, 2.45) is 5.73 Å². The van der Waals surface area contributed by atoms with Crippen LogP contribution in [0.25, 0.3) is 11.0 Å². The van der Waals surface area contributed by atoms with Gasteiger partial charge in [0.15, 0.2) is 0 Å². The van der Waals surface area contributed by atoms with Gasteiger partial charge in [0.25, 0.3) is 0 Å². The highest BCUT2D eigenvalue weighted by atomic mass is 15.1. The summed E-state index contributed by atoms with van der Waals surface area (Å²) in [5.41, 5.74) is 9.17. The van der Waals surface area contributed by atoms with Gasteiger partial charge in [-0.3, -0.25) is 0 Å². The van der Waals surface area contributed by atoms with E-state index in [2.05, 4.69) is 50.5 Å². The number of hydrogen-bond donors (Lipinski definition) is 1. The summed E-state index contributed by atoms with van der Waals surface area (Å²) >= 11 is 0. The molecular formula is C16H25N3. The number of fused-ring (bicyclic) bond motifs is 1. The van der Waals surface area contributed by atoms with Crippen LogP contribution in [0, 0.1) is 0 Å². The molecule has 3 heteroatoms. The Morgan fingerprint density at radius 1 is 1.26 bits per heavy atom. The Bertz CT molecular complexity index is 554. The number of nitrogens with zero attached hydrogens (tertiary/aromatic N) is 2. The molecule has 0 aliphatic rings. The molecule has 0 saturated heterocycles. The van der Waals surface area contributed by atoms with E-state index in [0.717, 1.165) is 11.1 Å². The Kier molecular flexibility index (Phi) is 4.25. The lowest BCUT2D eigenvalue weighted by molar-refractivity contribution is 0.531. The number of hydrogen-bond acceptors (Lipinski definition) is 2. The molecular weight excluding hydrogens is 234 g/mol. The second-order valence-electron chi connectivity index (χ2n) is 5.65. The van der Waals surface area contributed by atoms with Crippen molar-refractivity contribution in [1.82, 2.24) is 9.55 Å². The molecule has 2 aromatic rings. The highest BCUT2D eigenvalue weighted by molar-refractivity contribution is 5.77. The summed E-state index contributed by atoms with van der Waals surface area (Å²) in [7, 11) is 0. The minimum Gasteiger partial charge on any atom is -0.326 e. The van der Waals surface area contributed by atoms with Gasteiger partial charge in [-0.25, -0.2) is 4.98 Å². The third-order valence-electron chi connectivity index (χ3n) is 3.70. The Morgan fingerprint density at radius 2 is 2.00 bits per heavy atom. The smallest absolute Gasteiger partial charge is 0.112 e. The van der Waals surface area contributed by atoms with E-state index < -0.39 is 0 Å². The fourth-order valence-corrected chi connectivity index (χ4v) is 2.74. The molecule has 0 amide bonds. The summed E-state index contributed by atoms with van der Waals surface area (Å²) in [5.74, 6) is 1.71. The first kappa shape index (κ1) is 14.1. The van der Waals surface area contributed by atoms with Gasteiger partial charge in [0.2, 0.25) is 0 Å². The lowest BCUT2D eigenvalue weighted by atomic mass is 10.1. The van der Waals surface area contributed by atoms with Gasteiger partial charge < -0.3 is 10.3 Å². The summed E-state index contributed by atoms with van der Waals surface area (Å²) in [6.45, 7) is 9.52. The van der Waals surface area contributed by atoms with Crippen LogP contribution in [0.3, 0.4) is 0 Å². The first-order valence-electron chi connectivity index (χ1n) is 7.29. The SMILES string of the molecule is CCCC(C)c1nc2cc(CN)ccc2n1C(C)C. The average molecular weight is 259 g/mol. The van der Waals surface area contributed by atoms with Crippen molar-refractivity contribution in [3.8, 4) is 0 Å². The number of nitrogens with two attached hydrogens (primary N) is 1. The van der Waals surface area contributed by atoms with Crippen LogP contribution in [0.4, 0.5) is 0 Å². The second kappa shape index (κ2) is 5.74. The first-order valence-corrected chi connectivity index (χ1v) is 7.29. The predicted octanol–water partition coefficient (Wildman–Crippen LogP) is 3.98. The minimum absolute atomic E-state index is 0.433. The zero-order valence-corrected chi connectivity index (χ0v) is 12.5. The van der Waals surface area contributed by atoms with Crippen LogP contribution in [-0.2, 0) is 6.54 Å². The maximum atomic E-state index is 5.72. The van der Waals surface area contributed by atoms with Gasteiger partial charge in [0.1, 0.15) is 5.82 Å². The van der Waals surface area contributed by atoms with E-state index in [0.29, 0.717) is 18.5 Å². The monoisotopic (exact) mass is 259 g/mol. The number of benzene rings is 1. The first-order chi connectivity index (χ1) is 9.08. The lowest BCUT2D eigenvalue weighted by Crippen LogP contribution is -2.09. The van der Waals surface area contributed by atoms with Gasteiger partial charge >= 0.3 is 0 Å². The van der Waals surface area contributed by atoms with Crippen LogP contribution in [0.15, 0.2) is 18.2 Å². The van der Waals surface area contributed by atoms with Gasteiger partial charge in [-0.05, 0) is 38.0 Å². The van der Waals surface area contributed by atoms with Gasteiger partial charge in [0.05, 0.1) is 11.0 Å². The molecule has 1 atom stereocenters. The molecule has 1 unspecified atom stereocenters. The Morgan fingerprint density at radius 3 is 2.58 bits per heavy atom. The van der Waals surface area contributed by atoms with Crippen LogP contribution in [0.2, 0.25) is 0 Å². The minimum atomic E-state index is 0.433. The molecule has 1 aromatic carbocycles. The molecule has 3 nitrogen and oxygen atoms in total. The van der Waals surface area contributed by atoms with Crippen molar-refractivity contribution in [1.29, 1.82) is 0 Å². The standard InChI is InChI=1S/C16H25N3/c1-5-6-12(4)16-18-14-9-13(10-17)7-8-15(14)19(16)11(2)3/h7-9,11-12H,5-6,10,17H2,1-4H3. The van der Waals surface area contributed by atoms with Crippen molar-refractivity contribution in [2.75, 3.05) is 0 Å². The average Bonchev–Trinajstić information content (AvgIpc) is 2.77. The van der Waals surface area contributed by atoms with Crippen molar-refractivity contribution in [3.63, 3.8) is 0 Å². The molecule has 0 bridgehead atoms. The van der Waals surface area contributed by atoms with Crippen molar-refractivity contribution >= 4 is 11.0 Å². The molecule has 19 heavy (non-hydrogen) atoms. The van der Waals surface area contributed by atoms with E-state index in [1.807, 2.05) is 0 Å². The molecule has 1 aromatic heterocycles. The van der Waals surface area contributed by atoms with Crippen LogP contribution in [0.1, 0.15) is 63.9 Å². The largest absolute Gasteiger partial charge is 0.326 e. The summed E-state index contributed by atoms with van der Waals surface area (Å²) in [5, 5.41) is 0. The fraction of sp³-hybridized carbons (Fsp3) is 0.562. The molecule has 104 valence electrons.